The summed E-state index contributed by atoms with van der Waals surface area (Å²) < 4.78 is 34.7. The van der Waals surface area contributed by atoms with Gasteiger partial charge in [-0.2, -0.15) is 0 Å². The molecule has 1 N–H and O–H groups in total. The van der Waals surface area contributed by atoms with Crippen LogP contribution in [0.3, 0.4) is 0 Å². The largest absolute Gasteiger partial charge is 0.472 e. The minimum absolute atomic E-state index is 0.0232. The molecular formula is C82H137NO8P+. The molecule has 0 aromatic rings. The maximum absolute atomic E-state index is 12.9. The van der Waals surface area contributed by atoms with Crippen LogP contribution in [0.4, 0.5) is 0 Å². The standard InChI is InChI=1S/C82H136NO8P/c1-6-8-10-12-14-16-18-20-22-24-26-28-30-32-34-35-36-37-38-39-40-41-42-43-44-45-46-47-49-51-53-55-57-59-61-63-65-67-69-71-73-75-82(85)91-80(79-90-92(86,87)89-77-76-83(3,4)5)78-88-81(84)74-72-70-68-66-64-62-60-58-56-54-52-50-48-33-31-29-27-25-23-21-19-17-15-13-11-9-7-2/h8-11,14-17,20-23,26-29,32-34,36-37,39-40,42-43,48,52,54,80H,6-7,12-13,18-19,24-25,30-31,35,38,41,44-47,49-51,53,55-79H2,1-5H3/p+1/b10-8-,11-9-,16-14-,17-15-,22-20-,23-21-,28-26-,29-27-,34-32-,37-36-,40-39-,43-42-,48-33-,54-52-. The minimum Gasteiger partial charge on any atom is -0.462 e. The number of hydrogen-bond acceptors (Lipinski definition) is 7. The van der Waals surface area contributed by atoms with Crippen LogP contribution in [0.2, 0.25) is 0 Å². The number of likely N-dealkylation sites (N-methyl/N-ethyl adjacent to an activating group) is 1. The number of phosphoric ester groups is 1. The van der Waals surface area contributed by atoms with Crippen molar-refractivity contribution in [3.8, 4) is 0 Å². The molecule has 0 aliphatic carbocycles. The summed E-state index contributed by atoms with van der Waals surface area (Å²) in [7, 11) is 1.46. The molecule has 2 atom stereocenters. The summed E-state index contributed by atoms with van der Waals surface area (Å²) in [5, 5.41) is 0. The molecule has 0 aromatic carbocycles. The molecule has 0 amide bonds. The van der Waals surface area contributed by atoms with Gasteiger partial charge in [-0.3, -0.25) is 18.6 Å². The molecule has 0 saturated heterocycles. The van der Waals surface area contributed by atoms with Gasteiger partial charge in [-0.05, 0) is 128 Å². The van der Waals surface area contributed by atoms with Crippen molar-refractivity contribution >= 4 is 19.8 Å². The fourth-order valence-corrected chi connectivity index (χ4v) is 10.4. The lowest BCUT2D eigenvalue weighted by molar-refractivity contribution is -0.870. The first kappa shape index (κ1) is 87.4. The van der Waals surface area contributed by atoms with Crippen molar-refractivity contribution in [2.45, 2.75) is 290 Å². The van der Waals surface area contributed by atoms with Crippen LogP contribution < -0.4 is 0 Å². The molecule has 0 saturated carbocycles. The number of nitrogens with zero attached hydrogens (tertiary/aromatic N) is 1. The first-order valence-corrected chi connectivity index (χ1v) is 38.4. The van der Waals surface area contributed by atoms with Gasteiger partial charge < -0.3 is 18.9 Å². The lowest BCUT2D eigenvalue weighted by Crippen LogP contribution is -2.37. The zero-order valence-electron chi connectivity index (χ0n) is 59.5. The first-order valence-electron chi connectivity index (χ1n) is 36.9. The second-order valence-electron chi connectivity index (χ2n) is 25.2. The third kappa shape index (κ3) is 74.4. The van der Waals surface area contributed by atoms with Gasteiger partial charge in [0, 0.05) is 12.8 Å². The van der Waals surface area contributed by atoms with Gasteiger partial charge in [0.1, 0.15) is 19.8 Å². The lowest BCUT2D eigenvalue weighted by atomic mass is 10.0. The molecule has 0 aromatic heterocycles. The van der Waals surface area contributed by atoms with E-state index in [1.807, 2.05) is 21.1 Å². The van der Waals surface area contributed by atoms with Gasteiger partial charge in [0.15, 0.2) is 6.10 Å². The average Bonchev–Trinajstić information content (AvgIpc) is 2.23. The van der Waals surface area contributed by atoms with E-state index in [4.69, 9.17) is 18.5 Å². The maximum Gasteiger partial charge on any atom is 0.472 e. The molecule has 0 radical (unpaired) electrons. The molecule has 0 bridgehead atoms. The molecular weight excluding hydrogens is 1160 g/mol. The number of esters is 2. The predicted molar refractivity (Wildman–Crippen MR) is 399 cm³/mol. The van der Waals surface area contributed by atoms with E-state index in [2.05, 4.69) is 184 Å². The molecule has 0 aliphatic heterocycles. The Balaban J connectivity index is 4.05. The molecule has 0 fully saturated rings. The topological polar surface area (TPSA) is 108 Å². The second-order valence-corrected chi connectivity index (χ2v) is 26.7. The van der Waals surface area contributed by atoms with Crippen molar-refractivity contribution in [1.82, 2.24) is 0 Å². The van der Waals surface area contributed by atoms with Gasteiger partial charge in [-0.15, -0.1) is 0 Å². The minimum atomic E-state index is -4.41. The Kier molecular flexibility index (Phi) is 67.1. The number of carbonyl (C=O) groups is 2. The number of quaternary nitrogens is 1. The van der Waals surface area contributed by atoms with E-state index in [9.17, 15) is 19.0 Å². The van der Waals surface area contributed by atoms with Gasteiger partial charge in [-0.25, -0.2) is 4.57 Å². The van der Waals surface area contributed by atoms with Crippen LogP contribution in [0.1, 0.15) is 284 Å². The summed E-state index contributed by atoms with van der Waals surface area (Å²) in [5.41, 5.74) is 0. The highest BCUT2D eigenvalue weighted by molar-refractivity contribution is 7.47. The Morgan fingerprint density at radius 2 is 0.587 bits per heavy atom. The van der Waals surface area contributed by atoms with Crippen molar-refractivity contribution in [1.29, 1.82) is 0 Å². The number of hydrogen-bond donors (Lipinski definition) is 1. The Morgan fingerprint density at radius 3 is 0.870 bits per heavy atom. The highest BCUT2D eigenvalue weighted by Gasteiger charge is 2.27. The zero-order chi connectivity index (χ0) is 66.9. The number of phosphoric acid groups is 1. The second kappa shape index (κ2) is 70.7. The number of unbranched alkanes of at least 4 members (excludes halogenated alkanes) is 24. The van der Waals surface area contributed by atoms with Crippen LogP contribution in [0.25, 0.3) is 0 Å². The summed E-state index contributed by atoms with van der Waals surface area (Å²) in [6.45, 7) is 4.20. The van der Waals surface area contributed by atoms with Crippen LogP contribution in [-0.2, 0) is 32.7 Å². The monoisotopic (exact) mass is 1300 g/mol. The quantitative estimate of drug-likeness (QED) is 0.0211. The van der Waals surface area contributed by atoms with E-state index < -0.39 is 26.5 Å². The van der Waals surface area contributed by atoms with Crippen LogP contribution in [0.5, 0.6) is 0 Å². The summed E-state index contributed by atoms with van der Waals surface area (Å²) in [5.74, 6) is -0.810. The molecule has 522 valence electrons. The van der Waals surface area contributed by atoms with Gasteiger partial charge in [0.05, 0.1) is 27.7 Å². The van der Waals surface area contributed by atoms with E-state index in [0.717, 1.165) is 141 Å². The van der Waals surface area contributed by atoms with E-state index in [1.54, 1.807) is 0 Å². The van der Waals surface area contributed by atoms with Gasteiger partial charge in [-0.1, -0.05) is 312 Å². The normalized spacial score (nSPS) is 14.1. The van der Waals surface area contributed by atoms with E-state index in [0.29, 0.717) is 17.4 Å². The third-order valence-electron chi connectivity index (χ3n) is 15.2. The molecule has 10 heteroatoms. The van der Waals surface area contributed by atoms with E-state index >= 15 is 0 Å². The number of allylic oxidation sites excluding steroid dienone is 28. The summed E-state index contributed by atoms with van der Waals surface area (Å²) in [6, 6.07) is 0. The van der Waals surface area contributed by atoms with Gasteiger partial charge >= 0.3 is 19.8 Å². The molecule has 2 unspecified atom stereocenters. The van der Waals surface area contributed by atoms with Crippen molar-refractivity contribution in [3.05, 3.63) is 170 Å². The van der Waals surface area contributed by atoms with E-state index in [-0.39, 0.29) is 32.0 Å². The highest BCUT2D eigenvalue weighted by atomic mass is 31.2. The molecule has 0 spiro atoms. The van der Waals surface area contributed by atoms with Crippen LogP contribution in [0.15, 0.2) is 170 Å². The van der Waals surface area contributed by atoms with Crippen LogP contribution in [0, 0.1) is 0 Å². The van der Waals surface area contributed by atoms with Crippen molar-refractivity contribution in [3.63, 3.8) is 0 Å². The predicted octanol–water partition coefficient (Wildman–Crippen LogP) is 24.5. The molecule has 0 rings (SSSR count). The molecule has 0 heterocycles. The Morgan fingerprint density at radius 1 is 0.337 bits per heavy atom. The van der Waals surface area contributed by atoms with Gasteiger partial charge in [0.25, 0.3) is 0 Å². The fourth-order valence-electron chi connectivity index (χ4n) is 9.68. The Labute approximate surface area is 566 Å². The maximum atomic E-state index is 12.9. The van der Waals surface area contributed by atoms with Crippen LogP contribution >= 0.6 is 7.82 Å². The summed E-state index contributed by atoms with van der Waals surface area (Å²) in [6.07, 6.45) is 107. The summed E-state index contributed by atoms with van der Waals surface area (Å²) >= 11 is 0. The molecule has 0 aliphatic rings. The Hall–Kier alpha value is -4.63. The smallest absolute Gasteiger partial charge is 0.462 e. The highest BCUT2D eigenvalue weighted by Crippen LogP contribution is 2.43. The summed E-state index contributed by atoms with van der Waals surface area (Å²) in [4.78, 5) is 35.9. The third-order valence-corrected chi connectivity index (χ3v) is 16.2. The SMILES string of the molecule is CC/C=C\C/C=C\C/C=C\C/C=C\C/C=C\C/C=C\C/C=C\C/C=C\CCCCCCCCCCCCCCCCCCC(=O)OC(COC(=O)CCCCCCCCCC/C=C\C/C=C\C/C=C\C/C=C\C/C=C\C/C=C\CC)COP(=O)(O)OCC[N+](C)(C)C. The lowest BCUT2D eigenvalue weighted by Gasteiger charge is -2.24. The number of carbonyl (C=O) groups excluding carboxylic acids is 2. The average molecular weight is 1300 g/mol. The fraction of sp³-hybridized carbons (Fsp3) is 0.634. The van der Waals surface area contributed by atoms with Crippen molar-refractivity contribution in [2.75, 3.05) is 47.5 Å². The Bertz CT molecular complexity index is 2160. The van der Waals surface area contributed by atoms with E-state index in [1.165, 1.54) is 109 Å². The van der Waals surface area contributed by atoms with Crippen molar-refractivity contribution < 1.29 is 42.1 Å². The first-order chi connectivity index (χ1) is 45.0. The number of ether oxygens (including phenoxy) is 2. The zero-order valence-corrected chi connectivity index (χ0v) is 60.4. The van der Waals surface area contributed by atoms with Crippen LogP contribution in [-0.4, -0.2) is 74.9 Å². The molecule has 92 heavy (non-hydrogen) atoms. The molecule has 9 nitrogen and oxygen atoms in total. The van der Waals surface area contributed by atoms with Gasteiger partial charge in [0.2, 0.25) is 0 Å². The van der Waals surface area contributed by atoms with Crippen molar-refractivity contribution in [2.24, 2.45) is 0 Å². The number of rotatable bonds is 66.